The molecule has 0 atom stereocenters. The van der Waals surface area contributed by atoms with Crippen LogP contribution < -0.4 is 5.32 Å². The minimum absolute atomic E-state index is 0.0833. The number of likely N-dealkylation sites (tertiary alicyclic amines) is 1. The molecule has 1 aromatic heterocycles. The van der Waals surface area contributed by atoms with Crippen molar-refractivity contribution in [3.63, 3.8) is 0 Å². The molecule has 1 aromatic rings. The standard InChI is InChI=1S/C14H24N4O3/c1-11-16-14(17-21-11)12-4-7-18(8-5-12)10-13(19)15-6-3-9-20-2/h12H,3-10H2,1-2H3,(H,15,19). The predicted molar refractivity (Wildman–Crippen MR) is 77.0 cm³/mol. The maximum absolute atomic E-state index is 11.8. The summed E-state index contributed by atoms with van der Waals surface area (Å²) in [6, 6.07) is 0. The smallest absolute Gasteiger partial charge is 0.234 e. The number of ether oxygens (including phenoxy) is 1. The Bertz CT molecular complexity index is 441. The lowest BCUT2D eigenvalue weighted by atomic mass is 9.96. The molecule has 118 valence electrons. The van der Waals surface area contributed by atoms with E-state index in [9.17, 15) is 4.79 Å². The second kappa shape index (κ2) is 8.09. The number of methoxy groups -OCH3 is 1. The normalized spacial score (nSPS) is 17.0. The molecule has 0 bridgehead atoms. The molecule has 0 aromatic carbocycles. The summed E-state index contributed by atoms with van der Waals surface area (Å²) in [5.41, 5.74) is 0. The number of nitrogens with one attached hydrogen (secondary N) is 1. The zero-order valence-electron chi connectivity index (χ0n) is 12.8. The first-order valence-electron chi connectivity index (χ1n) is 7.47. The third kappa shape index (κ3) is 5.09. The van der Waals surface area contributed by atoms with Crippen LogP contribution in [0.4, 0.5) is 0 Å². The Morgan fingerprint density at radius 1 is 1.48 bits per heavy atom. The van der Waals surface area contributed by atoms with E-state index in [0.29, 0.717) is 31.5 Å². The van der Waals surface area contributed by atoms with Gasteiger partial charge in [-0.1, -0.05) is 5.16 Å². The van der Waals surface area contributed by atoms with Gasteiger partial charge in [0.25, 0.3) is 0 Å². The Labute approximate surface area is 125 Å². The van der Waals surface area contributed by atoms with Crippen LogP contribution in [0, 0.1) is 6.92 Å². The molecule has 0 spiro atoms. The summed E-state index contributed by atoms with van der Waals surface area (Å²) in [6.45, 7) is 5.40. The summed E-state index contributed by atoms with van der Waals surface area (Å²) in [6.07, 6.45) is 2.79. The Balaban J connectivity index is 1.65. The summed E-state index contributed by atoms with van der Waals surface area (Å²) >= 11 is 0. The van der Waals surface area contributed by atoms with Crippen molar-refractivity contribution in [3.05, 3.63) is 11.7 Å². The van der Waals surface area contributed by atoms with E-state index in [4.69, 9.17) is 9.26 Å². The largest absolute Gasteiger partial charge is 0.385 e. The molecule has 1 saturated heterocycles. The number of aryl methyl sites for hydroxylation is 1. The van der Waals surface area contributed by atoms with Gasteiger partial charge in [0.05, 0.1) is 6.54 Å². The number of rotatable bonds is 7. The molecule has 1 fully saturated rings. The van der Waals surface area contributed by atoms with Crippen LogP contribution in [-0.4, -0.2) is 60.8 Å². The molecule has 2 heterocycles. The van der Waals surface area contributed by atoms with Gasteiger partial charge in [-0.05, 0) is 32.4 Å². The lowest BCUT2D eigenvalue weighted by Crippen LogP contribution is -2.41. The molecule has 1 aliphatic heterocycles. The van der Waals surface area contributed by atoms with Crippen molar-refractivity contribution in [2.45, 2.75) is 32.1 Å². The minimum Gasteiger partial charge on any atom is -0.385 e. The van der Waals surface area contributed by atoms with Crippen LogP contribution in [0.2, 0.25) is 0 Å². The molecule has 0 aliphatic carbocycles. The van der Waals surface area contributed by atoms with E-state index < -0.39 is 0 Å². The number of piperidine rings is 1. The van der Waals surface area contributed by atoms with Crippen LogP contribution in [0.3, 0.4) is 0 Å². The first-order chi connectivity index (χ1) is 10.2. The summed E-state index contributed by atoms with van der Waals surface area (Å²) in [5.74, 6) is 1.85. The van der Waals surface area contributed by atoms with Crippen molar-refractivity contribution in [2.75, 3.05) is 39.9 Å². The number of aromatic nitrogens is 2. The molecule has 1 aliphatic rings. The summed E-state index contributed by atoms with van der Waals surface area (Å²) in [4.78, 5) is 18.3. The number of carbonyl (C=O) groups excluding carboxylic acids is 1. The topological polar surface area (TPSA) is 80.5 Å². The quantitative estimate of drug-likeness (QED) is 0.746. The van der Waals surface area contributed by atoms with Crippen LogP contribution in [0.1, 0.15) is 36.9 Å². The monoisotopic (exact) mass is 296 g/mol. The molecule has 1 amide bonds. The maximum Gasteiger partial charge on any atom is 0.234 e. The highest BCUT2D eigenvalue weighted by molar-refractivity contribution is 5.77. The van der Waals surface area contributed by atoms with E-state index in [1.165, 1.54) is 0 Å². The van der Waals surface area contributed by atoms with Gasteiger partial charge in [0.15, 0.2) is 5.82 Å². The van der Waals surface area contributed by atoms with Gasteiger partial charge in [0.2, 0.25) is 11.8 Å². The highest BCUT2D eigenvalue weighted by Gasteiger charge is 2.25. The molecule has 7 nitrogen and oxygen atoms in total. The van der Waals surface area contributed by atoms with E-state index in [-0.39, 0.29) is 5.91 Å². The fourth-order valence-electron chi connectivity index (χ4n) is 2.53. The van der Waals surface area contributed by atoms with Gasteiger partial charge < -0.3 is 14.6 Å². The van der Waals surface area contributed by atoms with Crippen molar-refractivity contribution in [1.29, 1.82) is 0 Å². The van der Waals surface area contributed by atoms with Gasteiger partial charge in [0, 0.05) is 33.1 Å². The van der Waals surface area contributed by atoms with Gasteiger partial charge in [0.1, 0.15) is 0 Å². The van der Waals surface area contributed by atoms with Crippen LogP contribution >= 0.6 is 0 Å². The molecule has 0 radical (unpaired) electrons. The Kier molecular flexibility index (Phi) is 6.13. The van der Waals surface area contributed by atoms with Crippen molar-refractivity contribution in [1.82, 2.24) is 20.4 Å². The molecule has 0 unspecified atom stereocenters. The average molecular weight is 296 g/mol. The summed E-state index contributed by atoms with van der Waals surface area (Å²) in [5, 5.41) is 6.90. The van der Waals surface area contributed by atoms with Crippen molar-refractivity contribution in [2.24, 2.45) is 0 Å². The zero-order chi connectivity index (χ0) is 15.1. The molecule has 1 N–H and O–H groups in total. The van der Waals surface area contributed by atoms with Crippen molar-refractivity contribution < 1.29 is 14.1 Å². The molecule has 0 saturated carbocycles. The zero-order valence-corrected chi connectivity index (χ0v) is 12.8. The van der Waals surface area contributed by atoms with Crippen molar-refractivity contribution >= 4 is 5.91 Å². The maximum atomic E-state index is 11.8. The number of hydrogen-bond donors (Lipinski definition) is 1. The predicted octanol–water partition coefficient (Wildman–Crippen LogP) is 0.710. The molecular formula is C14H24N4O3. The summed E-state index contributed by atoms with van der Waals surface area (Å²) < 4.78 is 9.97. The van der Waals surface area contributed by atoms with E-state index in [1.54, 1.807) is 14.0 Å². The Hall–Kier alpha value is -1.47. The van der Waals surface area contributed by atoms with Gasteiger partial charge in [-0.3, -0.25) is 9.69 Å². The third-order valence-electron chi connectivity index (χ3n) is 3.71. The highest BCUT2D eigenvalue weighted by Crippen LogP contribution is 2.25. The Morgan fingerprint density at radius 2 is 2.24 bits per heavy atom. The molecule has 7 heteroatoms. The van der Waals surface area contributed by atoms with Crippen LogP contribution in [0.5, 0.6) is 0 Å². The van der Waals surface area contributed by atoms with E-state index >= 15 is 0 Å². The number of amides is 1. The number of carbonyl (C=O) groups is 1. The van der Waals surface area contributed by atoms with E-state index in [1.807, 2.05) is 0 Å². The lowest BCUT2D eigenvalue weighted by molar-refractivity contribution is -0.122. The van der Waals surface area contributed by atoms with E-state index in [0.717, 1.165) is 38.2 Å². The first kappa shape index (κ1) is 15.9. The molecule has 21 heavy (non-hydrogen) atoms. The average Bonchev–Trinajstić information content (AvgIpc) is 2.91. The fraction of sp³-hybridized carbons (Fsp3) is 0.786. The highest BCUT2D eigenvalue weighted by atomic mass is 16.5. The van der Waals surface area contributed by atoms with Gasteiger partial charge >= 0.3 is 0 Å². The fourth-order valence-corrected chi connectivity index (χ4v) is 2.53. The minimum atomic E-state index is 0.0833. The van der Waals surface area contributed by atoms with E-state index in [2.05, 4.69) is 20.4 Å². The number of hydrogen-bond acceptors (Lipinski definition) is 6. The molecular weight excluding hydrogens is 272 g/mol. The second-order valence-corrected chi connectivity index (χ2v) is 5.42. The molecule has 2 rings (SSSR count). The number of nitrogens with zero attached hydrogens (tertiary/aromatic N) is 3. The van der Waals surface area contributed by atoms with Crippen LogP contribution in [-0.2, 0) is 9.53 Å². The van der Waals surface area contributed by atoms with Crippen LogP contribution in [0.15, 0.2) is 4.52 Å². The first-order valence-corrected chi connectivity index (χ1v) is 7.47. The van der Waals surface area contributed by atoms with Gasteiger partial charge in [-0.15, -0.1) is 0 Å². The lowest BCUT2D eigenvalue weighted by Gasteiger charge is -2.29. The van der Waals surface area contributed by atoms with Gasteiger partial charge in [-0.25, -0.2) is 0 Å². The SMILES string of the molecule is COCCCNC(=O)CN1CCC(c2noc(C)n2)CC1. The van der Waals surface area contributed by atoms with Crippen molar-refractivity contribution in [3.8, 4) is 0 Å². The van der Waals surface area contributed by atoms with Crippen LogP contribution in [0.25, 0.3) is 0 Å². The second-order valence-electron chi connectivity index (χ2n) is 5.42. The Morgan fingerprint density at radius 3 is 2.86 bits per heavy atom. The van der Waals surface area contributed by atoms with Gasteiger partial charge in [-0.2, -0.15) is 4.98 Å². The third-order valence-corrected chi connectivity index (χ3v) is 3.71. The summed E-state index contributed by atoms with van der Waals surface area (Å²) in [7, 11) is 1.66.